The molecule has 1 aliphatic carbocycles. The van der Waals surface area contributed by atoms with Crippen LogP contribution >= 0.6 is 11.3 Å². The minimum absolute atomic E-state index is 0.0986. The Morgan fingerprint density at radius 1 is 1.45 bits per heavy atom. The second-order valence-corrected chi connectivity index (χ2v) is 6.24. The smallest absolute Gasteiger partial charge is 0.257 e. The molecular weight excluding hydrogens is 270 g/mol. The second kappa shape index (κ2) is 5.34. The molecule has 3 rings (SSSR count). The Kier molecular flexibility index (Phi) is 3.54. The number of nitrogens with two attached hydrogens (primary N) is 1. The number of carbonyl (C=O) groups is 1. The number of thiazole rings is 1. The molecule has 1 amide bonds. The third-order valence-corrected chi connectivity index (χ3v) is 4.62. The maximum atomic E-state index is 12.2. The van der Waals surface area contributed by atoms with E-state index in [0.717, 1.165) is 30.5 Å². The monoisotopic (exact) mass is 287 g/mol. The highest BCUT2D eigenvalue weighted by atomic mass is 32.1. The van der Waals surface area contributed by atoms with E-state index in [1.165, 1.54) is 4.88 Å². The van der Waals surface area contributed by atoms with Crippen LogP contribution in [-0.2, 0) is 12.8 Å². The summed E-state index contributed by atoms with van der Waals surface area (Å²) in [6.45, 7) is 1.93. The molecule has 1 aromatic carbocycles. The number of aryl methyl sites for hydroxylation is 2. The molecule has 1 aliphatic rings. The number of benzene rings is 1. The summed E-state index contributed by atoms with van der Waals surface area (Å²) in [4.78, 5) is 18.0. The van der Waals surface area contributed by atoms with Gasteiger partial charge in [0.15, 0.2) is 5.13 Å². The van der Waals surface area contributed by atoms with Crippen LogP contribution in [0.2, 0.25) is 0 Å². The van der Waals surface area contributed by atoms with Crippen LogP contribution < -0.4 is 11.1 Å². The highest BCUT2D eigenvalue weighted by Crippen LogP contribution is 2.29. The fraction of sp³-hybridized carbons (Fsp3) is 0.333. The third kappa shape index (κ3) is 2.59. The lowest BCUT2D eigenvalue weighted by molar-refractivity contribution is 0.102. The Labute approximate surface area is 122 Å². The molecule has 1 atom stereocenters. The van der Waals surface area contributed by atoms with Gasteiger partial charge in [0, 0.05) is 16.5 Å². The summed E-state index contributed by atoms with van der Waals surface area (Å²) in [5.74, 6) is -0.0986. The van der Waals surface area contributed by atoms with E-state index in [-0.39, 0.29) is 11.9 Å². The van der Waals surface area contributed by atoms with Crippen LogP contribution in [0.1, 0.15) is 32.9 Å². The van der Waals surface area contributed by atoms with Crippen LogP contribution in [0.3, 0.4) is 0 Å². The summed E-state index contributed by atoms with van der Waals surface area (Å²) in [5.41, 5.74) is 8.71. The normalized spacial score (nSPS) is 17.6. The average Bonchev–Trinajstić information content (AvgIpc) is 2.80. The van der Waals surface area contributed by atoms with Crippen molar-refractivity contribution >= 4 is 22.4 Å². The number of amides is 1. The summed E-state index contributed by atoms with van der Waals surface area (Å²) in [5, 5.41) is 3.58. The molecular formula is C15H17N3OS. The predicted molar refractivity (Wildman–Crippen MR) is 81.2 cm³/mol. The molecule has 0 aliphatic heterocycles. The largest absolute Gasteiger partial charge is 0.327 e. The fourth-order valence-electron chi connectivity index (χ4n) is 2.45. The van der Waals surface area contributed by atoms with E-state index >= 15 is 0 Å². The van der Waals surface area contributed by atoms with E-state index in [1.807, 2.05) is 31.2 Å². The van der Waals surface area contributed by atoms with Gasteiger partial charge in [0.25, 0.3) is 5.91 Å². The number of anilines is 1. The average molecular weight is 287 g/mol. The predicted octanol–water partition coefficient (Wildman–Crippen LogP) is 2.52. The number of nitrogens with zero attached hydrogens (tertiary/aromatic N) is 1. The number of hydrogen-bond donors (Lipinski definition) is 2. The van der Waals surface area contributed by atoms with Crippen molar-refractivity contribution in [1.29, 1.82) is 0 Å². The first kappa shape index (κ1) is 13.3. The van der Waals surface area contributed by atoms with Crippen LogP contribution in [0.5, 0.6) is 0 Å². The lowest BCUT2D eigenvalue weighted by Crippen LogP contribution is -2.27. The molecule has 0 fully saturated rings. The van der Waals surface area contributed by atoms with Gasteiger partial charge >= 0.3 is 0 Å². The summed E-state index contributed by atoms with van der Waals surface area (Å²) < 4.78 is 0. The number of rotatable bonds is 2. The zero-order valence-electron chi connectivity index (χ0n) is 11.3. The topological polar surface area (TPSA) is 68.0 Å². The highest BCUT2D eigenvalue weighted by Gasteiger charge is 2.21. The molecule has 0 radical (unpaired) electrons. The van der Waals surface area contributed by atoms with Gasteiger partial charge in [-0.2, -0.15) is 0 Å². The van der Waals surface area contributed by atoms with Crippen molar-refractivity contribution in [3.63, 3.8) is 0 Å². The van der Waals surface area contributed by atoms with Crippen molar-refractivity contribution in [2.75, 3.05) is 5.32 Å². The van der Waals surface area contributed by atoms with Crippen LogP contribution in [0, 0.1) is 6.92 Å². The molecule has 0 unspecified atom stereocenters. The lowest BCUT2D eigenvalue weighted by Gasteiger charge is -2.15. The number of aromatic nitrogens is 1. The molecule has 5 heteroatoms. The second-order valence-electron chi connectivity index (χ2n) is 5.16. The van der Waals surface area contributed by atoms with Gasteiger partial charge in [0.05, 0.1) is 5.69 Å². The van der Waals surface area contributed by atoms with Crippen molar-refractivity contribution in [3.8, 4) is 0 Å². The molecule has 1 heterocycles. The maximum absolute atomic E-state index is 12.2. The molecule has 0 spiro atoms. The Balaban J connectivity index is 1.79. The number of nitrogens with one attached hydrogen (secondary N) is 1. The molecule has 2 aromatic rings. The summed E-state index contributed by atoms with van der Waals surface area (Å²) >= 11 is 1.54. The molecule has 0 saturated heterocycles. The Morgan fingerprint density at radius 2 is 2.25 bits per heavy atom. The molecule has 3 N–H and O–H groups in total. The molecule has 4 nitrogen and oxygen atoms in total. The van der Waals surface area contributed by atoms with Crippen LogP contribution in [0.15, 0.2) is 24.3 Å². The molecule has 1 aromatic heterocycles. The Hall–Kier alpha value is -1.72. The standard InChI is InChI=1S/C15H17N3OS/c1-9-4-2-3-5-11(9)14(19)18-15-17-12-7-6-10(16)8-13(12)20-15/h2-5,10H,6-8,16H2,1H3,(H,17,18,19)/t10-/m0/s1. The third-order valence-electron chi connectivity index (χ3n) is 3.59. The first-order valence-corrected chi connectivity index (χ1v) is 7.56. The van der Waals surface area contributed by atoms with Gasteiger partial charge in [0.2, 0.25) is 0 Å². The Bertz CT molecular complexity index is 650. The van der Waals surface area contributed by atoms with Gasteiger partial charge in [-0.15, -0.1) is 11.3 Å². The maximum Gasteiger partial charge on any atom is 0.257 e. The van der Waals surface area contributed by atoms with Crippen molar-refractivity contribution in [3.05, 3.63) is 46.0 Å². The number of hydrogen-bond acceptors (Lipinski definition) is 4. The van der Waals surface area contributed by atoms with Crippen LogP contribution in [0.25, 0.3) is 0 Å². The highest BCUT2D eigenvalue weighted by molar-refractivity contribution is 7.15. The van der Waals surface area contributed by atoms with Gasteiger partial charge in [-0.25, -0.2) is 4.98 Å². The van der Waals surface area contributed by atoms with Gasteiger partial charge in [-0.05, 0) is 37.8 Å². The van der Waals surface area contributed by atoms with Crippen molar-refractivity contribution in [1.82, 2.24) is 4.98 Å². The SMILES string of the molecule is Cc1ccccc1C(=O)Nc1nc2c(s1)C[C@@H](N)CC2. The van der Waals surface area contributed by atoms with Gasteiger partial charge < -0.3 is 5.73 Å². The number of carbonyl (C=O) groups excluding carboxylic acids is 1. The van der Waals surface area contributed by atoms with E-state index in [0.29, 0.717) is 10.7 Å². The molecule has 104 valence electrons. The first-order chi connectivity index (χ1) is 9.63. The molecule has 0 bridgehead atoms. The van der Waals surface area contributed by atoms with Gasteiger partial charge in [-0.3, -0.25) is 10.1 Å². The minimum Gasteiger partial charge on any atom is -0.327 e. The van der Waals surface area contributed by atoms with E-state index in [9.17, 15) is 4.79 Å². The molecule has 20 heavy (non-hydrogen) atoms. The van der Waals surface area contributed by atoms with E-state index in [4.69, 9.17) is 5.73 Å². The van der Waals surface area contributed by atoms with Gasteiger partial charge in [-0.1, -0.05) is 18.2 Å². The summed E-state index contributed by atoms with van der Waals surface area (Å²) in [6.07, 6.45) is 2.75. The zero-order valence-corrected chi connectivity index (χ0v) is 12.2. The first-order valence-electron chi connectivity index (χ1n) is 6.74. The van der Waals surface area contributed by atoms with Crippen molar-refractivity contribution in [2.45, 2.75) is 32.2 Å². The van der Waals surface area contributed by atoms with Crippen LogP contribution in [-0.4, -0.2) is 16.9 Å². The van der Waals surface area contributed by atoms with E-state index in [1.54, 1.807) is 11.3 Å². The number of fused-ring (bicyclic) bond motifs is 1. The van der Waals surface area contributed by atoms with Crippen LogP contribution in [0.4, 0.5) is 5.13 Å². The Morgan fingerprint density at radius 3 is 3.05 bits per heavy atom. The molecule has 0 saturated carbocycles. The lowest BCUT2D eigenvalue weighted by atomic mass is 9.99. The van der Waals surface area contributed by atoms with Crippen molar-refractivity contribution < 1.29 is 4.79 Å². The summed E-state index contributed by atoms with van der Waals surface area (Å²) in [7, 11) is 0. The quantitative estimate of drug-likeness (QED) is 0.892. The fourth-order valence-corrected chi connectivity index (χ4v) is 3.54. The van der Waals surface area contributed by atoms with E-state index in [2.05, 4.69) is 10.3 Å². The summed E-state index contributed by atoms with van der Waals surface area (Å²) in [6, 6.07) is 7.78. The minimum atomic E-state index is -0.0986. The zero-order chi connectivity index (χ0) is 14.1. The van der Waals surface area contributed by atoms with E-state index < -0.39 is 0 Å². The van der Waals surface area contributed by atoms with Crippen molar-refractivity contribution in [2.24, 2.45) is 5.73 Å². The van der Waals surface area contributed by atoms with Gasteiger partial charge in [0.1, 0.15) is 0 Å².